The maximum atomic E-state index is 12.0. The van der Waals surface area contributed by atoms with E-state index in [9.17, 15) is 4.79 Å². The third-order valence-corrected chi connectivity index (χ3v) is 4.78. The third kappa shape index (κ3) is 3.53. The average molecular weight is 283 g/mol. The number of carbonyl (C=O) groups excluding carboxylic acids is 1. The average Bonchev–Trinajstić information content (AvgIpc) is 3.17. The van der Waals surface area contributed by atoms with Crippen molar-refractivity contribution in [3.63, 3.8) is 0 Å². The van der Waals surface area contributed by atoms with Crippen LogP contribution in [-0.2, 0) is 14.3 Å². The van der Waals surface area contributed by atoms with E-state index in [4.69, 9.17) is 15.2 Å². The molecule has 0 heterocycles. The van der Waals surface area contributed by atoms with Crippen molar-refractivity contribution in [2.45, 2.75) is 64.5 Å². The van der Waals surface area contributed by atoms with Crippen LogP contribution in [0.15, 0.2) is 0 Å². The normalized spacial score (nSPS) is 32.5. The zero-order chi connectivity index (χ0) is 15.0. The van der Waals surface area contributed by atoms with E-state index in [1.165, 1.54) is 13.5 Å². The van der Waals surface area contributed by atoms with Crippen molar-refractivity contribution in [3.05, 3.63) is 0 Å². The third-order valence-electron chi connectivity index (χ3n) is 4.78. The Morgan fingerprint density at radius 2 is 2.00 bits per heavy atom. The molecule has 116 valence electrons. The van der Waals surface area contributed by atoms with Gasteiger partial charge in [-0.05, 0) is 49.4 Å². The summed E-state index contributed by atoms with van der Waals surface area (Å²) in [6.45, 7) is 7.14. The molecule has 0 aromatic rings. The van der Waals surface area contributed by atoms with Crippen molar-refractivity contribution in [2.24, 2.45) is 23.0 Å². The fraction of sp³-hybridized carbons (Fsp3) is 0.938. The zero-order valence-corrected chi connectivity index (χ0v) is 13.3. The maximum absolute atomic E-state index is 12.0. The highest BCUT2D eigenvalue weighted by Gasteiger charge is 2.50. The summed E-state index contributed by atoms with van der Waals surface area (Å²) in [5.74, 6) is 0.557. The van der Waals surface area contributed by atoms with Gasteiger partial charge in [-0.2, -0.15) is 0 Å². The molecule has 3 unspecified atom stereocenters. The van der Waals surface area contributed by atoms with Crippen molar-refractivity contribution in [1.29, 1.82) is 0 Å². The fourth-order valence-electron chi connectivity index (χ4n) is 3.77. The molecule has 4 nitrogen and oxygen atoms in total. The molecular weight excluding hydrogens is 254 g/mol. The van der Waals surface area contributed by atoms with Gasteiger partial charge in [0.2, 0.25) is 0 Å². The van der Waals surface area contributed by atoms with Crippen LogP contribution in [0.4, 0.5) is 0 Å². The smallest absolute Gasteiger partial charge is 0.328 e. The highest BCUT2D eigenvalue weighted by molar-refractivity contribution is 5.81. The van der Waals surface area contributed by atoms with Gasteiger partial charge in [0.05, 0.1) is 19.8 Å². The van der Waals surface area contributed by atoms with Crippen LogP contribution in [0.25, 0.3) is 0 Å². The predicted octanol–water partition coefficient (Wildman–Crippen LogP) is 2.50. The van der Waals surface area contributed by atoms with Gasteiger partial charge in [0.1, 0.15) is 5.54 Å². The highest BCUT2D eigenvalue weighted by Crippen LogP contribution is 2.42. The summed E-state index contributed by atoms with van der Waals surface area (Å²) in [6.07, 6.45) is 5.55. The fourth-order valence-corrected chi connectivity index (χ4v) is 3.77. The summed E-state index contributed by atoms with van der Waals surface area (Å²) in [4.78, 5) is 12.0. The molecule has 2 fully saturated rings. The van der Waals surface area contributed by atoms with Gasteiger partial charge in [-0.1, -0.05) is 20.8 Å². The van der Waals surface area contributed by atoms with Gasteiger partial charge >= 0.3 is 5.97 Å². The highest BCUT2D eigenvalue weighted by atomic mass is 16.5. The Balaban J connectivity index is 1.94. The molecule has 0 aromatic heterocycles. The Labute approximate surface area is 122 Å². The quantitative estimate of drug-likeness (QED) is 0.787. The van der Waals surface area contributed by atoms with Crippen LogP contribution in [0.3, 0.4) is 0 Å². The van der Waals surface area contributed by atoms with Crippen molar-refractivity contribution in [1.82, 2.24) is 0 Å². The number of hydrogen-bond acceptors (Lipinski definition) is 4. The number of esters is 1. The number of ether oxygens (including phenoxy) is 2. The van der Waals surface area contributed by atoms with Crippen molar-refractivity contribution >= 4 is 5.97 Å². The van der Waals surface area contributed by atoms with E-state index >= 15 is 0 Å². The molecule has 2 rings (SSSR count). The summed E-state index contributed by atoms with van der Waals surface area (Å²) < 4.78 is 10.9. The van der Waals surface area contributed by atoms with E-state index in [0.717, 1.165) is 25.7 Å². The Kier molecular flexibility index (Phi) is 4.45. The van der Waals surface area contributed by atoms with E-state index in [1.54, 1.807) is 0 Å². The lowest BCUT2D eigenvalue weighted by Gasteiger charge is -2.40. The molecule has 0 spiro atoms. The summed E-state index contributed by atoms with van der Waals surface area (Å²) >= 11 is 0. The molecule has 0 aromatic carbocycles. The SMILES string of the molecule is COC(=O)C(N)(COC1CC(C)CC(C)(C)C1)C1CC1. The molecule has 2 aliphatic carbocycles. The summed E-state index contributed by atoms with van der Waals surface area (Å²) in [5.41, 5.74) is 5.64. The van der Waals surface area contributed by atoms with E-state index in [0.29, 0.717) is 11.3 Å². The van der Waals surface area contributed by atoms with E-state index in [-0.39, 0.29) is 24.6 Å². The number of nitrogens with two attached hydrogens (primary N) is 1. The van der Waals surface area contributed by atoms with Crippen molar-refractivity contribution < 1.29 is 14.3 Å². The maximum Gasteiger partial charge on any atom is 0.328 e. The Hall–Kier alpha value is -0.610. The molecule has 4 heteroatoms. The minimum absolute atomic E-state index is 0.208. The molecular formula is C16H29NO3. The molecule has 0 aliphatic heterocycles. The second-order valence-electron chi connectivity index (χ2n) is 7.65. The summed E-state index contributed by atoms with van der Waals surface area (Å²) in [6, 6.07) is 0. The lowest BCUT2D eigenvalue weighted by atomic mass is 9.71. The van der Waals surface area contributed by atoms with Gasteiger partial charge in [-0.15, -0.1) is 0 Å². The van der Waals surface area contributed by atoms with Crippen LogP contribution in [-0.4, -0.2) is 31.3 Å². The molecule has 3 atom stereocenters. The predicted molar refractivity (Wildman–Crippen MR) is 78.2 cm³/mol. The molecule has 0 bridgehead atoms. The van der Waals surface area contributed by atoms with Crippen LogP contribution in [0.2, 0.25) is 0 Å². The van der Waals surface area contributed by atoms with E-state index < -0.39 is 5.54 Å². The molecule has 20 heavy (non-hydrogen) atoms. The summed E-state index contributed by atoms with van der Waals surface area (Å²) in [5, 5.41) is 0. The van der Waals surface area contributed by atoms with Gasteiger partial charge in [0.25, 0.3) is 0 Å². The van der Waals surface area contributed by atoms with Crippen molar-refractivity contribution in [3.8, 4) is 0 Å². The van der Waals surface area contributed by atoms with Gasteiger partial charge < -0.3 is 15.2 Å². The second-order valence-corrected chi connectivity index (χ2v) is 7.65. The first kappa shape index (κ1) is 15.8. The zero-order valence-electron chi connectivity index (χ0n) is 13.3. The largest absolute Gasteiger partial charge is 0.468 e. The van der Waals surface area contributed by atoms with E-state index in [2.05, 4.69) is 20.8 Å². The molecule has 0 radical (unpaired) electrons. The van der Waals surface area contributed by atoms with Gasteiger partial charge in [0.15, 0.2) is 0 Å². The standard InChI is InChI=1S/C16H29NO3/c1-11-7-13(9-15(2,3)8-11)20-10-16(17,12-5-6-12)14(18)19-4/h11-13H,5-10,17H2,1-4H3. The van der Waals surface area contributed by atoms with Crippen LogP contribution in [0.1, 0.15) is 52.9 Å². The summed E-state index contributed by atoms with van der Waals surface area (Å²) in [7, 11) is 1.40. The Morgan fingerprint density at radius 3 is 2.50 bits per heavy atom. The topological polar surface area (TPSA) is 61.5 Å². The van der Waals surface area contributed by atoms with E-state index in [1.807, 2.05) is 0 Å². The lowest BCUT2D eigenvalue weighted by Crippen LogP contribution is -2.55. The Bertz CT molecular complexity index is 365. The van der Waals surface area contributed by atoms with Crippen LogP contribution in [0.5, 0.6) is 0 Å². The minimum atomic E-state index is -0.945. The molecule has 0 saturated heterocycles. The van der Waals surface area contributed by atoms with Crippen LogP contribution >= 0.6 is 0 Å². The number of methoxy groups -OCH3 is 1. The van der Waals surface area contributed by atoms with Gasteiger partial charge in [0, 0.05) is 0 Å². The molecule has 2 saturated carbocycles. The van der Waals surface area contributed by atoms with Crippen LogP contribution < -0.4 is 5.73 Å². The van der Waals surface area contributed by atoms with Crippen LogP contribution in [0, 0.1) is 17.3 Å². The number of hydrogen-bond donors (Lipinski definition) is 1. The minimum Gasteiger partial charge on any atom is -0.468 e. The lowest BCUT2D eigenvalue weighted by molar-refractivity contribution is -0.153. The first-order valence-corrected chi connectivity index (χ1v) is 7.76. The molecule has 2 N–H and O–H groups in total. The first-order chi connectivity index (χ1) is 9.27. The number of rotatable bonds is 5. The molecule has 0 amide bonds. The van der Waals surface area contributed by atoms with Crippen molar-refractivity contribution in [2.75, 3.05) is 13.7 Å². The number of carbonyl (C=O) groups is 1. The van der Waals surface area contributed by atoms with Gasteiger partial charge in [-0.25, -0.2) is 4.79 Å². The molecule has 2 aliphatic rings. The van der Waals surface area contributed by atoms with Gasteiger partial charge in [-0.3, -0.25) is 0 Å². The second kappa shape index (κ2) is 5.64. The first-order valence-electron chi connectivity index (χ1n) is 7.76. The monoisotopic (exact) mass is 283 g/mol. The Morgan fingerprint density at radius 1 is 1.35 bits per heavy atom.